The Hall–Kier alpha value is -3.74. The highest BCUT2D eigenvalue weighted by atomic mass is 16.1. The van der Waals surface area contributed by atoms with Crippen LogP contribution in [0.15, 0.2) is 59.5 Å². The molecule has 0 aliphatic carbocycles. The first-order valence-electron chi connectivity index (χ1n) is 9.90. The number of nitrogens with zero attached hydrogens (tertiary/aromatic N) is 4. The molecular weight excluding hydrogens is 376 g/mol. The minimum Gasteiger partial charge on any atom is -0.366 e. The molecular formula is C23H24N6O. The third-order valence-electron chi connectivity index (χ3n) is 4.90. The predicted molar refractivity (Wildman–Crippen MR) is 121 cm³/mol. The van der Waals surface area contributed by atoms with Crippen LogP contribution in [0.25, 0.3) is 22.3 Å². The Morgan fingerprint density at radius 1 is 1.07 bits per heavy atom. The molecule has 0 fully saturated rings. The van der Waals surface area contributed by atoms with Crippen LogP contribution in [0.2, 0.25) is 0 Å². The van der Waals surface area contributed by atoms with Crippen LogP contribution in [-0.4, -0.2) is 34.0 Å². The summed E-state index contributed by atoms with van der Waals surface area (Å²) in [4.78, 5) is 30.3. The van der Waals surface area contributed by atoms with Gasteiger partial charge in [0.05, 0.1) is 5.52 Å². The van der Waals surface area contributed by atoms with E-state index < -0.39 is 0 Å². The monoisotopic (exact) mass is 400 g/mol. The second-order valence-corrected chi connectivity index (χ2v) is 7.28. The molecule has 3 heterocycles. The van der Waals surface area contributed by atoms with Crippen LogP contribution in [0.3, 0.4) is 0 Å². The fourth-order valence-electron chi connectivity index (χ4n) is 3.26. The first-order chi connectivity index (χ1) is 14.5. The van der Waals surface area contributed by atoms with E-state index in [4.69, 9.17) is 4.98 Å². The molecule has 0 aliphatic heterocycles. The van der Waals surface area contributed by atoms with Crippen LogP contribution in [0.4, 0.5) is 11.6 Å². The lowest BCUT2D eigenvalue weighted by Gasteiger charge is -2.15. The minimum atomic E-state index is -0.152. The van der Waals surface area contributed by atoms with Gasteiger partial charge in [0.2, 0.25) is 0 Å². The van der Waals surface area contributed by atoms with E-state index in [1.807, 2.05) is 56.3 Å². The summed E-state index contributed by atoms with van der Waals surface area (Å²) in [5.74, 6) is 2.20. The van der Waals surface area contributed by atoms with Gasteiger partial charge < -0.3 is 15.2 Å². The first kappa shape index (κ1) is 19.6. The van der Waals surface area contributed by atoms with E-state index in [1.54, 1.807) is 6.20 Å². The molecule has 0 spiro atoms. The summed E-state index contributed by atoms with van der Waals surface area (Å²) in [5, 5.41) is 4.50. The minimum absolute atomic E-state index is 0.152. The molecule has 1 aromatic carbocycles. The zero-order chi connectivity index (χ0) is 21.1. The number of hydrogen-bond donors (Lipinski definition) is 2. The van der Waals surface area contributed by atoms with Crippen LogP contribution in [0.1, 0.15) is 18.2 Å². The zero-order valence-electron chi connectivity index (χ0n) is 17.3. The van der Waals surface area contributed by atoms with Crippen molar-refractivity contribution in [2.24, 2.45) is 0 Å². The highest BCUT2D eigenvalue weighted by molar-refractivity contribution is 5.84. The lowest BCUT2D eigenvalue weighted by atomic mass is 10.1. The quantitative estimate of drug-likeness (QED) is 0.514. The molecule has 0 saturated carbocycles. The summed E-state index contributed by atoms with van der Waals surface area (Å²) < 4.78 is 0. The lowest BCUT2D eigenvalue weighted by molar-refractivity contribution is 0.985. The number of rotatable bonds is 6. The van der Waals surface area contributed by atoms with E-state index in [0.717, 1.165) is 39.4 Å². The largest absolute Gasteiger partial charge is 0.366 e. The Morgan fingerprint density at radius 3 is 2.63 bits per heavy atom. The van der Waals surface area contributed by atoms with Crippen LogP contribution >= 0.6 is 0 Å². The van der Waals surface area contributed by atoms with E-state index in [9.17, 15) is 4.79 Å². The lowest BCUT2D eigenvalue weighted by Crippen LogP contribution is -2.12. The molecule has 0 bridgehead atoms. The van der Waals surface area contributed by atoms with Crippen molar-refractivity contribution in [2.75, 3.05) is 24.3 Å². The van der Waals surface area contributed by atoms with Crippen molar-refractivity contribution in [3.8, 4) is 11.4 Å². The second-order valence-electron chi connectivity index (χ2n) is 7.28. The molecule has 0 amide bonds. The normalized spacial score (nSPS) is 10.9. The van der Waals surface area contributed by atoms with E-state index in [0.29, 0.717) is 18.8 Å². The topological polar surface area (TPSA) is 86.8 Å². The van der Waals surface area contributed by atoms with Crippen LogP contribution in [-0.2, 0) is 13.0 Å². The number of fused-ring (bicyclic) bond motifs is 1. The Morgan fingerprint density at radius 2 is 1.90 bits per heavy atom. The molecule has 30 heavy (non-hydrogen) atoms. The first-order valence-corrected chi connectivity index (χ1v) is 9.90. The van der Waals surface area contributed by atoms with Gasteiger partial charge >= 0.3 is 0 Å². The number of aryl methyl sites for hydroxylation is 1. The number of aromatic nitrogens is 4. The maximum atomic E-state index is 11.8. The molecule has 7 heteroatoms. The van der Waals surface area contributed by atoms with E-state index in [-0.39, 0.29) is 5.56 Å². The number of H-pyrrole nitrogens is 1. The van der Waals surface area contributed by atoms with Gasteiger partial charge in [-0.1, -0.05) is 25.1 Å². The molecule has 4 aromatic rings. The van der Waals surface area contributed by atoms with Gasteiger partial charge in [-0.3, -0.25) is 4.79 Å². The maximum absolute atomic E-state index is 11.8. The van der Waals surface area contributed by atoms with Crippen molar-refractivity contribution in [1.82, 2.24) is 19.9 Å². The van der Waals surface area contributed by atoms with E-state index >= 15 is 0 Å². The predicted octanol–water partition coefficient (Wildman–Crippen LogP) is 3.62. The molecule has 0 atom stereocenters. The summed E-state index contributed by atoms with van der Waals surface area (Å²) in [6, 6.07) is 15.5. The number of aromatic amines is 1. The van der Waals surface area contributed by atoms with Crippen molar-refractivity contribution in [3.63, 3.8) is 0 Å². The standard InChI is InChI=1S/C23H24N6O/c1-4-17-12-22(30)28-23(26-17)15-9-10-20(24-13-15)25-14-16-11-21(29(2)3)27-19-8-6-5-7-18(16)19/h5-13H,4,14H2,1-3H3,(H,24,25)(H,26,28,30). The van der Waals surface area contributed by atoms with Crippen LogP contribution in [0, 0.1) is 0 Å². The van der Waals surface area contributed by atoms with E-state index in [1.165, 1.54) is 6.07 Å². The fourth-order valence-corrected chi connectivity index (χ4v) is 3.26. The summed E-state index contributed by atoms with van der Waals surface area (Å²) >= 11 is 0. The molecule has 4 rings (SSSR count). The highest BCUT2D eigenvalue weighted by Gasteiger charge is 2.08. The zero-order valence-corrected chi connectivity index (χ0v) is 17.3. The Labute approximate surface area is 174 Å². The molecule has 0 unspecified atom stereocenters. The number of pyridine rings is 2. The number of hydrogen-bond acceptors (Lipinski definition) is 6. The van der Waals surface area contributed by atoms with Crippen molar-refractivity contribution in [1.29, 1.82) is 0 Å². The number of benzene rings is 1. The Balaban J connectivity index is 1.56. The van der Waals surface area contributed by atoms with Gasteiger partial charge in [0.15, 0.2) is 0 Å². The molecule has 0 radical (unpaired) electrons. The number of anilines is 2. The van der Waals surface area contributed by atoms with Crippen molar-refractivity contribution >= 4 is 22.5 Å². The smallest absolute Gasteiger partial charge is 0.251 e. The fraction of sp³-hybridized carbons (Fsp3) is 0.217. The average Bonchev–Trinajstić information content (AvgIpc) is 2.77. The van der Waals surface area contributed by atoms with Crippen LogP contribution < -0.4 is 15.8 Å². The third kappa shape index (κ3) is 4.15. The van der Waals surface area contributed by atoms with Crippen LogP contribution in [0.5, 0.6) is 0 Å². The van der Waals surface area contributed by atoms with Crippen molar-refractivity contribution in [2.45, 2.75) is 19.9 Å². The summed E-state index contributed by atoms with van der Waals surface area (Å²) in [6.45, 7) is 2.60. The molecule has 0 aliphatic rings. The maximum Gasteiger partial charge on any atom is 0.251 e. The summed E-state index contributed by atoms with van der Waals surface area (Å²) in [6.07, 6.45) is 2.43. The van der Waals surface area contributed by atoms with Crippen molar-refractivity contribution in [3.05, 3.63) is 76.3 Å². The van der Waals surface area contributed by atoms with Gasteiger partial charge in [-0.25, -0.2) is 15.0 Å². The molecule has 3 aromatic heterocycles. The summed E-state index contributed by atoms with van der Waals surface area (Å²) in [5.41, 5.74) is 3.50. The van der Waals surface area contributed by atoms with Gasteiger partial charge in [-0.15, -0.1) is 0 Å². The number of para-hydroxylation sites is 1. The second kappa shape index (κ2) is 8.32. The summed E-state index contributed by atoms with van der Waals surface area (Å²) in [7, 11) is 3.97. The molecule has 2 N–H and O–H groups in total. The SMILES string of the molecule is CCc1cc(=O)[nH]c(-c2ccc(NCc3cc(N(C)C)nc4ccccc34)nc2)n1. The molecule has 152 valence electrons. The van der Waals surface area contributed by atoms with Gasteiger partial charge in [-0.05, 0) is 36.2 Å². The van der Waals surface area contributed by atoms with Crippen molar-refractivity contribution < 1.29 is 0 Å². The van der Waals surface area contributed by atoms with E-state index in [2.05, 4.69) is 32.4 Å². The average molecular weight is 400 g/mol. The molecule has 0 saturated heterocycles. The molecule has 7 nitrogen and oxygen atoms in total. The Bertz CT molecular complexity index is 1230. The third-order valence-corrected chi connectivity index (χ3v) is 4.90. The Kier molecular flexibility index (Phi) is 5.43. The van der Waals surface area contributed by atoms with Gasteiger partial charge in [-0.2, -0.15) is 0 Å². The van der Waals surface area contributed by atoms with Gasteiger partial charge in [0, 0.05) is 49.5 Å². The highest BCUT2D eigenvalue weighted by Crippen LogP contribution is 2.23. The van der Waals surface area contributed by atoms with Gasteiger partial charge in [0.1, 0.15) is 17.5 Å². The number of nitrogens with one attached hydrogen (secondary N) is 2. The van der Waals surface area contributed by atoms with Gasteiger partial charge in [0.25, 0.3) is 5.56 Å².